The number of nitrogens with zero attached hydrogens (tertiary/aromatic N) is 2. The first-order chi connectivity index (χ1) is 13.1. The van der Waals surface area contributed by atoms with Crippen LogP contribution >= 0.6 is 11.6 Å². The highest BCUT2D eigenvalue weighted by molar-refractivity contribution is 6.30. The number of benzene rings is 2. The van der Waals surface area contributed by atoms with Crippen molar-refractivity contribution in [1.29, 1.82) is 0 Å². The lowest BCUT2D eigenvalue weighted by Crippen LogP contribution is -2.21. The number of aromatic nitrogens is 3. The molecular formula is C17H11ClF3N3O4. The van der Waals surface area contributed by atoms with Gasteiger partial charge in [-0.3, -0.25) is 0 Å². The Bertz CT molecular complexity index is 971. The van der Waals surface area contributed by atoms with E-state index in [9.17, 15) is 18.0 Å². The number of rotatable bonds is 3. The van der Waals surface area contributed by atoms with Gasteiger partial charge in [-0.05, 0) is 23.3 Å². The monoisotopic (exact) mass is 413 g/mol. The summed E-state index contributed by atoms with van der Waals surface area (Å²) in [4.78, 5) is 19.9. The van der Waals surface area contributed by atoms with Crippen LogP contribution in [-0.2, 0) is 4.79 Å². The second-order valence-corrected chi connectivity index (χ2v) is 5.65. The number of aliphatic carboxylic acids is 1. The van der Waals surface area contributed by atoms with Crippen LogP contribution in [-0.4, -0.2) is 43.7 Å². The summed E-state index contributed by atoms with van der Waals surface area (Å²) in [5.74, 6) is -3.87. The smallest absolute Gasteiger partial charge is 0.476 e. The molecule has 3 aromatic rings. The van der Waals surface area contributed by atoms with Gasteiger partial charge in [0, 0.05) is 10.6 Å². The zero-order valence-corrected chi connectivity index (χ0v) is 14.5. The van der Waals surface area contributed by atoms with Crippen LogP contribution in [0.25, 0.3) is 22.4 Å². The predicted molar refractivity (Wildman–Crippen MR) is 92.9 cm³/mol. The molecule has 0 aliphatic heterocycles. The summed E-state index contributed by atoms with van der Waals surface area (Å²) in [7, 11) is 0. The molecule has 1 heterocycles. The Balaban J connectivity index is 0.000000345. The van der Waals surface area contributed by atoms with Gasteiger partial charge in [0.25, 0.3) is 0 Å². The van der Waals surface area contributed by atoms with Crippen LogP contribution in [0.15, 0.2) is 48.5 Å². The molecule has 0 saturated carbocycles. The predicted octanol–water partition coefficient (Wildman–Crippen LogP) is 4.12. The summed E-state index contributed by atoms with van der Waals surface area (Å²) < 4.78 is 31.7. The molecule has 0 aliphatic rings. The van der Waals surface area contributed by atoms with Crippen molar-refractivity contribution in [2.75, 3.05) is 0 Å². The zero-order chi connectivity index (χ0) is 20.9. The average molecular weight is 414 g/mol. The Morgan fingerprint density at radius 3 is 1.71 bits per heavy atom. The maximum absolute atomic E-state index is 11.0. The van der Waals surface area contributed by atoms with E-state index in [1.54, 1.807) is 0 Å². The van der Waals surface area contributed by atoms with E-state index >= 15 is 0 Å². The number of carbonyl (C=O) groups is 2. The van der Waals surface area contributed by atoms with E-state index in [-0.39, 0.29) is 5.69 Å². The van der Waals surface area contributed by atoms with Gasteiger partial charge in [-0.2, -0.15) is 23.5 Å². The average Bonchev–Trinajstić information content (AvgIpc) is 3.12. The molecule has 11 heteroatoms. The second-order valence-electron chi connectivity index (χ2n) is 5.21. The van der Waals surface area contributed by atoms with Gasteiger partial charge in [0.05, 0.1) is 0 Å². The maximum atomic E-state index is 11.0. The van der Waals surface area contributed by atoms with E-state index in [1.807, 2.05) is 48.5 Å². The Labute approximate surface area is 160 Å². The molecule has 0 atom stereocenters. The summed E-state index contributed by atoms with van der Waals surface area (Å²) in [6, 6.07) is 14.9. The van der Waals surface area contributed by atoms with Crippen LogP contribution in [0, 0.1) is 0 Å². The molecule has 3 rings (SSSR count). The Morgan fingerprint density at radius 2 is 1.29 bits per heavy atom. The van der Waals surface area contributed by atoms with Gasteiger partial charge in [-0.15, -0.1) is 5.10 Å². The van der Waals surface area contributed by atoms with Gasteiger partial charge in [-0.25, -0.2) is 9.59 Å². The molecule has 0 spiro atoms. The van der Waals surface area contributed by atoms with Crippen molar-refractivity contribution >= 4 is 23.5 Å². The summed E-state index contributed by atoms with van der Waals surface area (Å²) in [6.45, 7) is 0. The standard InChI is InChI=1S/C15H10ClN3O2.C2HF3O2/c16-12-7-5-10(6-8-12)9-1-3-11(4-2-9)13-14(15(20)21)18-19-17-13;3-2(4,5)1(6)7/h1-8H,(H,20,21)(H,17,18,19);(H,6,7). The fraction of sp³-hybridized carbons (Fsp3) is 0.0588. The first-order valence-corrected chi connectivity index (χ1v) is 7.78. The van der Waals surface area contributed by atoms with Crippen molar-refractivity contribution in [3.63, 3.8) is 0 Å². The molecule has 28 heavy (non-hydrogen) atoms. The minimum atomic E-state index is -5.08. The molecule has 0 unspecified atom stereocenters. The number of H-pyrrole nitrogens is 1. The van der Waals surface area contributed by atoms with Gasteiger partial charge >= 0.3 is 18.1 Å². The molecule has 7 nitrogen and oxygen atoms in total. The maximum Gasteiger partial charge on any atom is 0.490 e. The van der Waals surface area contributed by atoms with Crippen molar-refractivity contribution in [1.82, 2.24) is 15.4 Å². The number of carboxylic acid groups (broad SMARTS) is 2. The van der Waals surface area contributed by atoms with Crippen molar-refractivity contribution in [2.24, 2.45) is 0 Å². The molecule has 146 valence electrons. The molecule has 0 aliphatic carbocycles. The molecule has 1 aromatic heterocycles. The van der Waals surface area contributed by atoms with E-state index < -0.39 is 18.1 Å². The second kappa shape index (κ2) is 8.53. The quantitative estimate of drug-likeness (QED) is 0.594. The first-order valence-electron chi connectivity index (χ1n) is 7.40. The van der Waals surface area contributed by atoms with Gasteiger partial charge in [0.15, 0.2) is 5.69 Å². The Kier molecular flexibility index (Phi) is 6.37. The largest absolute Gasteiger partial charge is 0.490 e. The summed E-state index contributed by atoms with van der Waals surface area (Å²) in [5, 5.41) is 26.7. The molecule has 3 N–H and O–H groups in total. The van der Waals surface area contributed by atoms with Gasteiger partial charge in [0.2, 0.25) is 0 Å². The molecule has 0 radical (unpaired) electrons. The van der Waals surface area contributed by atoms with E-state index in [1.165, 1.54) is 0 Å². The third-order valence-corrected chi connectivity index (χ3v) is 3.58. The highest BCUT2D eigenvalue weighted by Gasteiger charge is 2.38. The fourth-order valence-corrected chi connectivity index (χ4v) is 2.17. The van der Waals surface area contributed by atoms with Crippen LogP contribution in [0.2, 0.25) is 5.02 Å². The first kappa shape index (κ1) is 20.9. The van der Waals surface area contributed by atoms with Crippen molar-refractivity contribution in [2.45, 2.75) is 6.18 Å². The zero-order valence-electron chi connectivity index (χ0n) is 13.7. The minimum absolute atomic E-state index is 0.0887. The van der Waals surface area contributed by atoms with Gasteiger partial charge in [0.1, 0.15) is 5.69 Å². The van der Waals surface area contributed by atoms with E-state index in [4.69, 9.17) is 26.6 Å². The van der Waals surface area contributed by atoms with Crippen LogP contribution in [0.4, 0.5) is 13.2 Å². The Hall–Kier alpha value is -3.40. The third kappa shape index (κ3) is 5.30. The number of carboxylic acids is 2. The molecule has 0 bridgehead atoms. The molecular weight excluding hydrogens is 403 g/mol. The van der Waals surface area contributed by atoms with Crippen LogP contribution in [0.3, 0.4) is 0 Å². The van der Waals surface area contributed by atoms with Crippen LogP contribution in [0.5, 0.6) is 0 Å². The highest BCUT2D eigenvalue weighted by atomic mass is 35.5. The van der Waals surface area contributed by atoms with Gasteiger partial charge < -0.3 is 10.2 Å². The highest BCUT2D eigenvalue weighted by Crippen LogP contribution is 2.26. The van der Waals surface area contributed by atoms with Crippen LogP contribution in [0.1, 0.15) is 10.5 Å². The number of hydrogen-bond acceptors (Lipinski definition) is 4. The van der Waals surface area contributed by atoms with E-state index in [0.717, 1.165) is 11.1 Å². The lowest BCUT2D eigenvalue weighted by molar-refractivity contribution is -0.192. The number of nitrogens with one attached hydrogen (secondary N) is 1. The van der Waals surface area contributed by atoms with Crippen molar-refractivity contribution < 1.29 is 33.0 Å². The Morgan fingerprint density at radius 1 is 0.857 bits per heavy atom. The number of halogens is 4. The normalized spacial score (nSPS) is 10.7. The molecule has 2 aromatic carbocycles. The minimum Gasteiger partial charge on any atom is -0.476 e. The topological polar surface area (TPSA) is 116 Å². The summed E-state index contributed by atoms with van der Waals surface area (Å²) in [5.41, 5.74) is 2.97. The third-order valence-electron chi connectivity index (χ3n) is 3.33. The number of aromatic carboxylic acids is 1. The summed E-state index contributed by atoms with van der Waals surface area (Å²) in [6.07, 6.45) is -5.08. The van der Waals surface area contributed by atoms with Crippen molar-refractivity contribution in [3.8, 4) is 22.4 Å². The SMILES string of the molecule is O=C(O)C(F)(F)F.O=C(O)c1n[nH]nc1-c1ccc(-c2ccc(Cl)cc2)cc1. The number of aromatic amines is 1. The van der Waals surface area contributed by atoms with Gasteiger partial charge in [-0.1, -0.05) is 48.0 Å². The summed E-state index contributed by atoms with van der Waals surface area (Å²) >= 11 is 5.86. The number of alkyl halides is 3. The van der Waals surface area contributed by atoms with E-state index in [2.05, 4.69) is 15.4 Å². The molecule has 0 fully saturated rings. The lowest BCUT2D eigenvalue weighted by Gasteiger charge is -2.03. The molecule has 0 amide bonds. The van der Waals surface area contributed by atoms with Crippen LogP contribution < -0.4 is 0 Å². The van der Waals surface area contributed by atoms with Crippen molar-refractivity contribution in [3.05, 3.63) is 59.2 Å². The lowest BCUT2D eigenvalue weighted by atomic mass is 10.0. The van der Waals surface area contributed by atoms with E-state index in [0.29, 0.717) is 16.3 Å². The fourth-order valence-electron chi connectivity index (χ4n) is 2.04. The number of hydrogen-bond donors (Lipinski definition) is 3. The molecule has 0 saturated heterocycles.